The topological polar surface area (TPSA) is 86.1 Å². The minimum absolute atomic E-state index is 0.0565. The number of carbonyl (C=O) groups is 2. The summed E-state index contributed by atoms with van der Waals surface area (Å²) in [7, 11) is 4.95. The molecule has 0 aromatic heterocycles. The van der Waals surface area contributed by atoms with Crippen LogP contribution in [0.5, 0.6) is 11.5 Å². The molecule has 0 bridgehead atoms. The zero-order valence-electron chi connectivity index (χ0n) is 15.4. The van der Waals surface area contributed by atoms with Crippen molar-refractivity contribution in [1.29, 1.82) is 5.26 Å². The summed E-state index contributed by atoms with van der Waals surface area (Å²) in [5.74, 6) is 0.787. The molecule has 1 aliphatic rings. The van der Waals surface area contributed by atoms with Crippen LogP contribution in [-0.4, -0.2) is 87.0 Å². The van der Waals surface area contributed by atoms with Crippen molar-refractivity contribution >= 4 is 11.8 Å². The van der Waals surface area contributed by atoms with Gasteiger partial charge in [-0.25, -0.2) is 0 Å². The first kappa shape index (κ1) is 19.5. The molecule has 0 unspecified atom stereocenters. The van der Waals surface area contributed by atoms with Gasteiger partial charge in [-0.2, -0.15) is 5.26 Å². The van der Waals surface area contributed by atoms with E-state index in [-0.39, 0.29) is 18.4 Å². The predicted molar refractivity (Wildman–Crippen MR) is 94.9 cm³/mol. The average Bonchev–Trinajstić information content (AvgIpc) is 2.66. The summed E-state index contributed by atoms with van der Waals surface area (Å²) in [4.78, 5) is 29.4. The van der Waals surface area contributed by atoms with Crippen molar-refractivity contribution in [3.63, 3.8) is 0 Å². The van der Waals surface area contributed by atoms with Crippen LogP contribution >= 0.6 is 0 Å². The van der Waals surface area contributed by atoms with Crippen molar-refractivity contribution in [2.75, 3.05) is 60.5 Å². The number of ether oxygens (including phenoxy) is 2. The third-order valence-electron chi connectivity index (χ3n) is 4.23. The van der Waals surface area contributed by atoms with Gasteiger partial charge in [0.25, 0.3) is 5.91 Å². The van der Waals surface area contributed by atoms with Crippen LogP contribution in [0.25, 0.3) is 0 Å². The molecule has 0 N–H and O–H groups in total. The molecule has 140 valence electrons. The molecule has 1 saturated heterocycles. The van der Waals surface area contributed by atoms with Gasteiger partial charge in [0.1, 0.15) is 0 Å². The Morgan fingerprint density at radius 3 is 2.46 bits per heavy atom. The fraction of sp³-hybridized carbons (Fsp3) is 0.500. The van der Waals surface area contributed by atoms with Crippen molar-refractivity contribution in [3.8, 4) is 17.6 Å². The minimum atomic E-state index is -0.116. The van der Waals surface area contributed by atoms with Crippen molar-refractivity contribution in [1.82, 2.24) is 14.7 Å². The number of rotatable bonds is 6. The van der Waals surface area contributed by atoms with Crippen LogP contribution in [0.4, 0.5) is 0 Å². The number of methoxy groups -OCH3 is 1. The van der Waals surface area contributed by atoms with E-state index >= 15 is 0 Å². The standard InChI is InChI=1S/C18H24N4O4/c1-20(2)17(23)12-21-6-8-22(9-7-21)18(24)13-26-15-5-4-14(11-19)10-16(15)25-3/h4-5,10H,6-9,12-13H2,1-3H3. The van der Waals surface area contributed by atoms with Gasteiger partial charge < -0.3 is 19.3 Å². The number of likely N-dealkylation sites (N-methyl/N-ethyl adjacent to an activating group) is 1. The summed E-state index contributed by atoms with van der Waals surface area (Å²) in [6, 6.07) is 6.83. The fourth-order valence-corrected chi connectivity index (χ4v) is 2.58. The molecule has 2 amide bonds. The largest absolute Gasteiger partial charge is 0.493 e. The molecular weight excluding hydrogens is 336 g/mol. The van der Waals surface area contributed by atoms with Gasteiger partial charge in [-0.15, -0.1) is 0 Å². The lowest BCUT2D eigenvalue weighted by atomic mass is 10.2. The summed E-state index contributed by atoms with van der Waals surface area (Å²) < 4.78 is 10.8. The van der Waals surface area contributed by atoms with Crippen molar-refractivity contribution in [2.24, 2.45) is 0 Å². The summed E-state index contributed by atoms with van der Waals surface area (Å²) in [5, 5.41) is 8.91. The normalized spacial score (nSPS) is 14.5. The quantitative estimate of drug-likeness (QED) is 0.719. The van der Waals surface area contributed by atoms with E-state index in [9.17, 15) is 9.59 Å². The third-order valence-corrected chi connectivity index (χ3v) is 4.23. The van der Waals surface area contributed by atoms with Crippen LogP contribution in [0.15, 0.2) is 18.2 Å². The lowest BCUT2D eigenvalue weighted by Gasteiger charge is -2.34. The lowest BCUT2D eigenvalue weighted by molar-refractivity contribution is -0.136. The van der Waals surface area contributed by atoms with E-state index in [2.05, 4.69) is 0 Å². The van der Waals surface area contributed by atoms with Gasteiger partial charge in [0, 0.05) is 46.3 Å². The van der Waals surface area contributed by atoms with Crippen LogP contribution in [0.2, 0.25) is 0 Å². The number of piperazine rings is 1. The van der Waals surface area contributed by atoms with Crippen LogP contribution < -0.4 is 9.47 Å². The minimum Gasteiger partial charge on any atom is -0.493 e. The molecule has 1 aliphatic heterocycles. The molecule has 1 heterocycles. The molecule has 8 heteroatoms. The number of hydrogen-bond acceptors (Lipinski definition) is 6. The Labute approximate surface area is 153 Å². The molecule has 0 atom stereocenters. The highest BCUT2D eigenvalue weighted by molar-refractivity contribution is 5.79. The first-order chi connectivity index (χ1) is 12.4. The van der Waals surface area contributed by atoms with Gasteiger partial charge in [0.05, 0.1) is 25.3 Å². The van der Waals surface area contributed by atoms with Gasteiger partial charge in [0.2, 0.25) is 5.91 Å². The molecule has 0 spiro atoms. The first-order valence-electron chi connectivity index (χ1n) is 8.35. The molecule has 1 aromatic rings. The Morgan fingerprint density at radius 1 is 1.19 bits per heavy atom. The van der Waals surface area contributed by atoms with Gasteiger partial charge in [-0.1, -0.05) is 0 Å². The molecule has 0 radical (unpaired) electrons. The van der Waals surface area contributed by atoms with E-state index in [0.29, 0.717) is 49.8 Å². The lowest BCUT2D eigenvalue weighted by Crippen LogP contribution is -2.51. The first-order valence-corrected chi connectivity index (χ1v) is 8.35. The number of nitrogens with zero attached hydrogens (tertiary/aromatic N) is 4. The molecular formula is C18H24N4O4. The van der Waals surface area contributed by atoms with Gasteiger partial charge >= 0.3 is 0 Å². The maximum absolute atomic E-state index is 12.3. The zero-order chi connectivity index (χ0) is 19.1. The molecule has 1 fully saturated rings. The Hall–Kier alpha value is -2.79. The number of benzene rings is 1. The second-order valence-electron chi connectivity index (χ2n) is 6.21. The van der Waals surface area contributed by atoms with Crippen LogP contribution in [0.1, 0.15) is 5.56 Å². The maximum Gasteiger partial charge on any atom is 0.260 e. The molecule has 0 aliphatic carbocycles. The summed E-state index contributed by atoms with van der Waals surface area (Å²) in [6.07, 6.45) is 0. The summed E-state index contributed by atoms with van der Waals surface area (Å²) >= 11 is 0. The van der Waals surface area contributed by atoms with E-state index in [4.69, 9.17) is 14.7 Å². The van der Waals surface area contributed by atoms with Gasteiger partial charge in [0.15, 0.2) is 18.1 Å². The maximum atomic E-state index is 12.3. The molecule has 2 rings (SSSR count). The van der Waals surface area contributed by atoms with Crippen LogP contribution in [-0.2, 0) is 9.59 Å². The Morgan fingerprint density at radius 2 is 1.88 bits per heavy atom. The van der Waals surface area contributed by atoms with E-state index < -0.39 is 0 Å². The highest BCUT2D eigenvalue weighted by atomic mass is 16.5. The van der Waals surface area contributed by atoms with E-state index in [1.807, 2.05) is 11.0 Å². The van der Waals surface area contributed by atoms with Gasteiger partial charge in [-0.3, -0.25) is 14.5 Å². The molecule has 1 aromatic carbocycles. The number of hydrogen-bond donors (Lipinski definition) is 0. The average molecular weight is 360 g/mol. The molecule has 0 saturated carbocycles. The second kappa shape index (κ2) is 9.06. The Kier molecular flexibility index (Phi) is 6.81. The van der Waals surface area contributed by atoms with E-state index in [0.717, 1.165) is 0 Å². The highest BCUT2D eigenvalue weighted by Crippen LogP contribution is 2.27. The Balaban J connectivity index is 1.83. The zero-order valence-corrected chi connectivity index (χ0v) is 15.4. The van der Waals surface area contributed by atoms with Crippen LogP contribution in [0.3, 0.4) is 0 Å². The smallest absolute Gasteiger partial charge is 0.260 e. The van der Waals surface area contributed by atoms with Crippen molar-refractivity contribution < 1.29 is 19.1 Å². The number of nitriles is 1. The number of amides is 2. The SMILES string of the molecule is COc1cc(C#N)ccc1OCC(=O)N1CCN(CC(=O)N(C)C)CC1. The second-order valence-corrected chi connectivity index (χ2v) is 6.21. The van der Waals surface area contributed by atoms with Crippen molar-refractivity contribution in [3.05, 3.63) is 23.8 Å². The number of carbonyl (C=O) groups excluding carboxylic acids is 2. The van der Waals surface area contributed by atoms with Crippen LogP contribution in [0, 0.1) is 11.3 Å². The summed E-state index contributed by atoms with van der Waals surface area (Å²) in [5.41, 5.74) is 0.462. The van der Waals surface area contributed by atoms with E-state index in [1.54, 1.807) is 42.1 Å². The monoisotopic (exact) mass is 360 g/mol. The fourth-order valence-electron chi connectivity index (χ4n) is 2.58. The van der Waals surface area contributed by atoms with E-state index in [1.165, 1.54) is 7.11 Å². The Bertz CT molecular complexity index is 691. The third kappa shape index (κ3) is 5.10. The van der Waals surface area contributed by atoms with Gasteiger partial charge in [-0.05, 0) is 12.1 Å². The summed E-state index contributed by atoms with van der Waals surface area (Å²) in [6.45, 7) is 2.71. The molecule has 26 heavy (non-hydrogen) atoms. The predicted octanol–water partition coefficient (Wildman–Crippen LogP) is 0.178. The van der Waals surface area contributed by atoms with Crippen molar-refractivity contribution in [2.45, 2.75) is 0 Å². The molecule has 8 nitrogen and oxygen atoms in total. The highest BCUT2D eigenvalue weighted by Gasteiger charge is 2.23.